The fraction of sp³-hybridized carbons (Fsp3) is 0.235. The molecule has 0 aliphatic heterocycles. The Bertz CT molecular complexity index is 905. The van der Waals surface area contributed by atoms with Crippen molar-refractivity contribution < 1.29 is 17.6 Å². The van der Waals surface area contributed by atoms with Crippen molar-refractivity contribution in [3.63, 3.8) is 0 Å². The molecule has 2 aromatic rings. The highest BCUT2D eigenvalue weighted by Gasteiger charge is 2.31. The molecule has 2 rings (SSSR count). The summed E-state index contributed by atoms with van der Waals surface area (Å²) in [6.45, 7) is 1.69. The van der Waals surface area contributed by atoms with E-state index in [2.05, 4.69) is 5.32 Å². The molecule has 0 saturated carbocycles. The molecule has 5 nitrogen and oxygen atoms in total. The Hall–Kier alpha value is -1.83. The van der Waals surface area contributed by atoms with E-state index in [-0.39, 0.29) is 17.1 Å². The minimum atomic E-state index is -3.75. The maximum atomic E-state index is 13.3. The lowest BCUT2D eigenvalue weighted by Crippen LogP contribution is -2.47. The number of benzene rings is 2. The topological polar surface area (TPSA) is 66.5 Å². The summed E-state index contributed by atoms with van der Waals surface area (Å²) < 4.78 is 38.9. The lowest BCUT2D eigenvalue weighted by atomic mass is 10.2. The van der Waals surface area contributed by atoms with Crippen LogP contribution in [0.25, 0.3) is 0 Å². The highest BCUT2D eigenvalue weighted by atomic mass is 35.5. The van der Waals surface area contributed by atoms with Crippen molar-refractivity contribution in [3.05, 3.63) is 58.3 Å². The van der Waals surface area contributed by atoms with E-state index in [0.717, 1.165) is 16.6 Å². The van der Waals surface area contributed by atoms with Gasteiger partial charge in [-0.25, -0.2) is 12.8 Å². The minimum absolute atomic E-state index is 0.145. The number of nitrogens with one attached hydrogen (secondary N) is 1. The van der Waals surface area contributed by atoms with Gasteiger partial charge in [0.05, 0.1) is 17.0 Å². The van der Waals surface area contributed by atoms with Crippen molar-refractivity contribution in [1.82, 2.24) is 0 Å². The number of amides is 1. The summed E-state index contributed by atoms with van der Waals surface area (Å²) in [5.74, 6) is -1.17. The van der Waals surface area contributed by atoms with Gasteiger partial charge in [-0.3, -0.25) is 9.10 Å². The van der Waals surface area contributed by atoms with Crippen LogP contribution in [0.15, 0.2) is 42.5 Å². The molecule has 1 N–H and O–H groups in total. The third-order valence-electron chi connectivity index (χ3n) is 3.60. The second-order valence-electron chi connectivity index (χ2n) is 5.58. The summed E-state index contributed by atoms with van der Waals surface area (Å²) in [4.78, 5) is 12.7. The smallest absolute Gasteiger partial charge is 0.248 e. The Morgan fingerprint density at radius 1 is 1.19 bits per heavy atom. The van der Waals surface area contributed by atoms with Crippen LogP contribution in [0.2, 0.25) is 10.0 Å². The average molecular weight is 419 g/mol. The monoisotopic (exact) mass is 418 g/mol. The molecule has 2 aromatic carbocycles. The first kappa shape index (κ1) is 20.5. The molecule has 0 heterocycles. The van der Waals surface area contributed by atoms with Crippen LogP contribution in [0.4, 0.5) is 15.8 Å². The van der Waals surface area contributed by atoms with E-state index in [1.54, 1.807) is 19.1 Å². The molecule has 0 unspecified atom stereocenters. The van der Waals surface area contributed by atoms with Gasteiger partial charge in [-0.15, -0.1) is 0 Å². The van der Waals surface area contributed by atoms with E-state index in [4.69, 9.17) is 23.2 Å². The van der Waals surface area contributed by atoms with E-state index in [0.29, 0.717) is 10.7 Å². The normalized spacial score (nSPS) is 12.5. The number of anilines is 2. The van der Waals surface area contributed by atoms with E-state index in [9.17, 15) is 17.6 Å². The van der Waals surface area contributed by atoms with Gasteiger partial charge in [-0.1, -0.05) is 30.1 Å². The number of carbonyl (C=O) groups is 1. The van der Waals surface area contributed by atoms with Crippen LogP contribution in [0.1, 0.15) is 13.3 Å². The van der Waals surface area contributed by atoms with Gasteiger partial charge in [0.1, 0.15) is 11.9 Å². The maximum absolute atomic E-state index is 13.3. The third kappa shape index (κ3) is 4.87. The predicted octanol–water partition coefficient (Wildman–Crippen LogP) is 4.32. The predicted molar refractivity (Wildman–Crippen MR) is 103 cm³/mol. The largest absolute Gasteiger partial charge is 0.324 e. The Kier molecular flexibility index (Phi) is 6.49. The molecular formula is C17H17Cl2FN2O3S. The summed E-state index contributed by atoms with van der Waals surface area (Å²) in [5.41, 5.74) is 0.584. The van der Waals surface area contributed by atoms with Crippen molar-refractivity contribution in [3.8, 4) is 0 Å². The summed E-state index contributed by atoms with van der Waals surface area (Å²) >= 11 is 11.6. The lowest BCUT2D eigenvalue weighted by Gasteiger charge is -2.30. The van der Waals surface area contributed by atoms with Gasteiger partial charge >= 0.3 is 0 Å². The first-order chi connectivity index (χ1) is 12.1. The molecule has 0 aliphatic carbocycles. The van der Waals surface area contributed by atoms with Crippen molar-refractivity contribution in [1.29, 1.82) is 0 Å². The zero-order valence-corrected chi connectivity index (χ0v) is 16.4. The highest BCUT2D eigenvalue weighted by molar-refractivity contribution is 7.92. The van der Waals surface area contributed by atoms with Crippen molar-refractivity contribution in [2.24, 2.45) is 0 Å². The zero-order chi connectivity index (χ0) is 19.5. The lowest BCUT2D eigenvalue weighted by molar-refractivity contribution is -0.117. The molecule has 26 heavy (non-hydrogen) atoms. The number of hydrogen-bond donors (Lipinski definition) is 1. The SMILES string of the molecule is CC[C@@H](C(=O)Nc1ccc(F)c(Cl)c1)N(c1ccc(Cl)cc1)S(C)(=O)=O. The van der Waals surface area contributed by atoms with E-state index >= 15 is 0 Å². The molecule has 1 atom stereocenters. The molecule has 0 aliphatic rings. The number of hydrogen-bond acceptors (Lipinski definition) is 3. The van der Waals surface area contributed by atoms with Crippen molar-refractivity contribution in [2.75, 3.05) is 15.9 Å². The van der Waals surface area contributed by atoms with Gasteiger partial charge in [0.2, 0.25) is 15.9 Å². The quantitative estimate of drug-likeness (QED) is 0.759. The van der Waals surface area contributed by atoms with Gasteiger partial charge < -0.3 is 5.32 Å². The van der Waals surface area contributed by atoms with Gasteiger partial charge in [-0.2, -0.15) is 0 Å². The molecule has 9 heteroatoms. The Labute approximate surface area is 161 Å². The second kappa shape index (κ2) is 8.24. The summed E-state index contributed by atoms with van der Waals surface area (Å²) in [5, 5.41) is 2.87. The fourth-order valence-corrected chi connectivity index (χ4v) is 3.97. The summed E-state index contributed by atoms with van der Waals surface area (Å²) in [6, 6.07) is 8.84. The van der Waals surface area contributed by atoms with Crippen LogP contribution in [0.5, 0.6) is 0 Å². The Balaban J connectivity index is 2.36. The van der Waals surface area contributed by atoms with Crippen molar-refractivity contribution >= 4 is 50.5 Å². The molecule has 140 valence electrons. The number of sulfonamides is 1. The maximum Gasteiger partial charge on any atom is 0.248 e. The first-order valence-corrected chi connectivity index (χ1v) is 10.2. The van der Waals surface area contributed by atoms with Crippen LogP contribution in [-0.4, -0.2) is 26.6 Å². The van der Waals surface area contributed by atoms with Gasteiger partial charge in [-0.05, 0) is 48.9 Å². The van der Waals surface area contributed by atoms with Crippen LogP contribution < -0.4 is 9.62 Å². The average Bonchev–Trinajstić information content (AvgIpc) is 2.56. The molecule has 1 amide bonds. The number of rotatable bonds is 6. The third-order valence-corrected chi connectivity index (χ3v) is 5.32. The van der Waals surface area contributed by atoms with E-state index in [1.165, 1.54) is 24.3 Å². The van der Waals surface area contributed by atoms with Gasteiger partial charge in [0, 0.05) is 10.7 Å². The number of carbonyl (C=O) groups excluding carboxylic acids is 1. The molecule has 0 fully saturated rings. The van der Waals surface area contributed by atoms with Crippen molar-refractivity contribution in [2.45, 2.75) is 19.4 Å². The zero-order valence-electron chi connectivity index (χ0n) is 14.0. The molecule has 0 aromatic heterocycles. The standard InChI is InChI=1S/C17H17Cl2FN2O3S/c1-3-16(17(23)21-12-6-9-15(20)14(19)10-12)22(26(2,24)25)13-7-4-11(18)5-8-13/h4-10,16H,3H2,1-2H3,(H,21,23)/t16-/m0/s1. The minimum Gasteiger partial charge on any atom is -0.324 e. The highest BCUT2D eigenvalue weighted by Crippen LogP contribution is 2.26. The van der Waals surface area contributed by atoms with E-state index in [1.807, 2.05) is 0 Å². The summed E-state index contributed by atoms with van der Waals surface area (Å²) in [6.07, 6.45) is 1.24. The fourth-order valence-electron chi connectivity index (χ4n) is 2.45. The van der Waals surface area contributed by atoms with Gasteiger partial charge in [0.25, 0.3) is 0 Å². The Morgan fingerprint density at radius 2 is 1.81 bits per heavy atom. The Morgan fingerprint density at radius 3 is 2.31 bits per heavy atom. The second-order valence-corrected chi connectivity index (χ2v) is 8.28. The number of halogens is 3. The molecular weight excluding hydrogens is 402 g/mol. The van der Waals surface area contributed by atoms with Crippen LogP contribution in [0, 0.1) is 5.82 Å². The first-order valence-electron chi connectivity index (χ1n) is 7.64. The van der Waals surface area contributed by atoms with E-state index < -0.39 is 27.8 Å². The van der Waals surface area contributed by atoms with Crippen LogP contribution in [-0.2, 0) is 14.8 Å². The molecule has 0 radical (unpaired) electrons. The van der Waals surface area contributed by atoms with Gasteiger partial charge in [0.15, 0.2) is 0 Å². The molecule has 0 saturated heterocycles. The van der Waals surface area contributed by atoms with Crippen LogP contribution >= 0.6 is 23.2 Å². The molecule has 0 spiro atoms. The van der Waals surface area contributed by atoms with Crippen LogP contribution in [0.3, 0.4) is 0 Å². The number of nitrogens with zero attached hydrogens (tertiary/aromatic N) is 1. The molecule has 0 bridgehead atoms. The summed E-state index contributed by atoms with van der Waals surface area (Å²) in [7, 11) is -3.75.